The number of anilines is 1. The molecule has 0 spiro atoms. The van der Waals surface area contributed by atoms with Gasteiger partial charge >= 0.3 is 0 Å². The highest BCUT2D eigenvalue weighted by Crippen LogP contribution is 2.25. The summed E-state index contributed by atoms with van der Waals surface area (Å²) in [5.74, 6) is 0.0761. The molecule has 0 saturated carbocycles. The number of benzene rings is 1. The maximum absolute atomic E-state index is 13.5. The molecule has 144 valence electrons. The van der Waals surface area contributed by atoms with Gasteiger partial charge in [0.25, 0.3) is 0 Å². The number of hydrogen-bond donors (Lipinski definition) is 1. The first-order valence-electron chi connectivity index (χ1n) is 9.28. The Morgan fingerprint density at radius 3 is 2.64 bits per heavy atom. The lowest BCUT2D eigenvalue weighted by Gasteiger charge is -2.31. The number of carbonyl (C=O) groups excluding carboxylic acids is 1. The minimum Gasteiger partial charge on any atom is -0.310 e. The van der Waals surface area contributed by atoms with Crippen LogP contribution in [0.2, 0.25) is 0 Å². The largest absolute Gasteiger partial charge is 0.310 e. The predicted molar refractivity (Wildman–Crippen MR) is 107 cm³/mol. The minimum atomic E-state index is -0.371. The number of piperazine rings is 1. The van der Waals surface area contributed by atoms with Crippen LogP contribution in [0.4, 0.5) is 10.2 Å². The number of halogens is 1. The van der Waals surface area contributed by atoms with E-state index < -0.39 is 0 Å². The molecule has 7 heteroatoms. The van der Waals surface area contributed by atoms with E-state index in [4.69, 9.17) is 0 Å². The molecule has 6 nitrogen and oxygen atoms in total. The molecule has 3 heterocycles. The van der Waals surface area contributed by atoms with Crippen molar-refractivity contribution in [3.63, 3.8) is 0 Å². The van der Waals surface area contributed by atoms with Crippen LogP contribution in [0.1, 0.15) is 0 Å². The zero-order valence-electron chi connectivity index (χ0n) is 15.7. The fourth-order valence-corrected chi connectivity index (χ4v) is 3.35. The summed E-state index contributed by atoms with van der Waals surface area (Å²) in [4.78, 5) is 25.0. The number of amides is 1. The lowest BCUT2D eigenvalue weighted by molar-refractivity contribution is -0.117. The number of hydrogen-bond acceptors (Lipinski definition) is 5. The van der Waals surface area contributed by atoms with Gasteiger partial charge in [0.05, 0.1) is 12.7 Å². The van der Waals surface area contributed by atoms with Gasteiger partial charge in [0, 0.05) is 49.5 Å². The third kappa shape index (κ3) is 4.32. The summed E-state index contributed by atoms with van der Waals surface area (Å²) < 4.78 is 13.5. The number of pyridine rings is 2. The second-order valence-corrected chi connectivity index (χ2v) is 7.15. The summed E-state index contributed by atoms with van der Waals surface area (Å²) in [7, 11) is 2.09. The summed E-state index contributed by atoms with van der Waals surface area (Å²) in [6.07, 6.45) is 4.54. The third-order valence-corrected chi connectivity index (χ3v) is 4.99. The maximum atomic E-state index is 13.5. The monoisotopic (exact) mass is 379 g/mol. The zero-order valence-corrected chi connectivity index (χ0v) is 15.7. The first-order valence-corrected chi connectivity index (χ1v) is 9.28. The van der Waals surface area contributed by atoms with Crippen molar-refractivity contribution in [2.45, 2.75) is 0 Å². The van der Waals surface area contributed by atoms with Gasteiger partial charge in [-0.1, -0.05) is 12.1 Å². The number of nitrogens with one attached hydrogen (secondary N) is 1. The molecule has 28 heavy (non-hydrogen) atoms. The van der Waals surface area contributed by atoms with Crippen LogP contribution in [0, 0.1) is 5.82 Å². The van der Waals surface area contributed by atoms with Crippen LogP contribution in [0.15, 0.2) is 48.9 Å². The summed E-state index contributed by atoms with van der Waals surface area (Å²) in [5, 5.41) is 4.76. The number of aromatic nitrogens is 2. The van der Waals surface area contributed by atoms with Crippen LogP contribution in [0.5, 0.6) is 0 Å². The van der Waals surface area contributed by atoms with Crippen molar-refractivity contribution in [2.75, 3.05) is 45.1 Å². The molecule has 1 aliphatic heterocycles. The van der Waals surface area contributed by atoms with Gasteiger partial charge in [-0.3, -0.25) is 14.7 Å². The molecular formula is C21H22FN5O. The van der Waals surface area contributed by atoms with Crippen molar-refractivity contribution in [3.8, 4) is 11.1 Å². The number of nitrogens with zero attached hydrogens (tertiary/aromatic N) is 4. The van der Waals surface area contributed by atoms with E-state index in [2.05, 4.69) is 32.1 Å². The van der Waals surface area contributed by atoms with Crippen LogP contribution in [-0.4, -0.2) is 65.4 Å². The second kappa shape index (κ2) is 8.00. The number of fused-ring (bicyclic) bond motifs is 1. The first-order chi connectivity index (χ1) is 13.6. The van der Waals surface area contributed by atoms with E-state index >= 15 is 0 Å². The van der Waals surface area contributed by atoms with Gasteiger partial charge in [-0.25, -0.2) is 9.37 Å². The SMILES string of the molecule is CN1CCN(CC(=O)Nc2cc3cc(-c4cncc(F)c4)ccc3cn2)CC1. The van der Waals surface area contributed by atoms with E-state index in [0.29, 0.717) is 17.9 Å². The first kappa shape index (κ1) is 18.5. The van der Waals surface area contributed by atoms with Crippen LogP contribution >= 0.6 is 0 Å². The molecule has 1 fully saturated rings. The lowest BCUT2D eigenvalue weighted by Crippen LogP contribution is -2.47. The van der Waals surface area contributed by atoms with Crippen LogP contribution in [0.3, 0.4) is 0 Å². The van der Waals surface area contributed by atoms with Crippen LogP contribution < -0.4 is 5.32 Å². The molecule has 1 amide bonds. The Hall–Kier alpha value is -2.90. The second-order valence-electron chi connectivity index (χ2n) is 7.15. The molecule has 2 aromatic heterocycles. The zero-order chi connectivity index (χ0) is 19.5. The molecule has 4 rings (SSSR count). The van der Waals surface area contributed by atoms with Crippen LogP contribution in [0.25, 0.3) is 21.9 Å². The normalized spacial score (nSPS) is 15.6. The average molecular weight is 379 g/mol. The van der Waals surface area contributed by atoms with Crippen molar-refractivity contribution >= 4 is 22.5 Å². The lowest BCUT2D eigenvalue weighted by atomic mass is 10.0. The summed E-state index contributed by atoms with van der Waals surface area (Å²) >= 11 is 0. The molecule has 0 radical (unpaired) electrons. The van der Waals surface area contributed by atoms with Crippen molar-refractivity contribution < 1.29 is 9.18 Å². The highest BCUT2D eigenvalue weighted by Gasteiger charge is 2.16. The number of carbonyl (C=O) groups is 1. The van der Waals surface area contributed by atoms with E-state index in [1.54, 1.807) is 12.4 Å². The van der Waals surface area contributed by atoms with Crippen molar-refractivity contribution in [1.29, 1.82) is 0 Å². The quantitative estimate of drug-likeness (QED) is 0.755. The van der Waals surface area contributed by atoms with E-state index in [9.17, 15) is 9.18 Å². The molecule has 0 aliphatic carbocycles. The molecule has 1 aromatic carbocycles. The minimum absolute atomic E-state index is 0.0677. The van der Waals surface area contributed by atoms with E-state index in [0.717, 1.165) is 42.5 Å². The molecule has 0 atom stereocenters. The van der Waals surface area contributed by atoms with E-state index in [-0.39, 0.29) is 11.7 Å². The van der Waals surface area contributed by atoms with Crippen LogP contribution in [-0.2, 0) is 4.79 Å². The number of likely N-dealkylation sites (N-methyl/N-ethyl adjacent to an activating group) is 1. The maximum Gasteiger partial charge on any atom is 0.239 e. The van der Waals surface area contributed by atoms with Gasteiger partial charge in [0.1, 0.15) is 11.6 Å². The van der Waals surface area contributed by atoms with E-state index in [1.807, 2.05) is 24.3 Å². The third-order valence-electron chi connectivity index (χ3n) is 4.99. The van der Waals surface area contributed by atoms with Gasteiger partial charge in [0.15, 0.2) is 0 Å². The van der Waals surface area contributed by atoms with Gasteiger partial charge < -0.3 is 10.2 Å². The number of rotatable bonds is 4. The summed E-state index contributed by atoms with van der Waals surface area (Å²) in [6, 6.07) is 9.08. The average Bonchev–Trinajstić information content (AvgIpc) is 2.69. The van der Waals surface area contributed by atoms with Gasteiger partial charge in [0.2, 0.25) is 5.91 Å². The Morgan fingerprint density at radius 1 is 1.04 bits per heavy atom. The molecule has 0 unspecified atom stereocenters. The molecule has 1 N–H and O–H groups in total. The molecule has 1 aliphatic rings. The summed E-state index contributed by atoms with van der Waals surface area (Å²) in [5.41, 5.74) is 1.57. The predicted octanol–water partition coefficient (Wildman–Crippen LogP) is 2.62. The Balaban J connectivity index is 1.49. The molecule has 1 saturated heterocycles. The Bertz CT molecular complexity index is 1000. The van der Waals surface area contributed by atoms with Crippen molar-refractivity contribution in [1.82, 2.24) is 19.8 Å². The topological polar surface area (TPSA) is 61.4 Å². The highest BCUT2D eigenvalue weighted by atomic mass is 19.1. The standard InChI is InChI=1S/C21H22FN5O/c1-26-4-6-27(7-5-26)14-21(28)25-20-10-17-8-15(2-3-16(17)12-24-20)18-9-19(22)13-23-11-18/h2-3,8-13H,4-7,14H2,1H3,(H,24,25,28). The molecule has 3 aromatic rings. The van der Waals surface area contributed by atoms with Gasteiger partial charge in [-0.2, -0.15) is 0 Å². The summed E-state index contributed by atoms with van der Waals surface area (Å²) in [6.45, 7) is 4.08. The van der Waals surface area contributed by atoms with Gasteiger partial charge in [-0.05, 0) is 36.2 Å². The van der Waals surface area contributed by atoms with Crippen molar-refractivity contribution in [3.05, 3.63) is 54.7 Å². The molecule has 0 bridgehead atoms. The fraction of sp³-hybridized carbons (Fsp3) is 0.286. The molecular weight excluding hydrogens is 357 g/mol. The van der Waals surface area contributed by atoms with E-state index in [1.165, 1.54) is 12.3 Å². The highest BCUT2D eigenvalue weighted by molar-refractivity contribution is 5.94. The smallest absolute Gasteiger partial charge is 0.239 e. The Labute approximate surface area is 163 Å². The Morgan fingerprint density at radius 2 is 1.86 bits per heavy atom. The van der Waals surface area contributed by atoms with Gasteiger partial charge in [-0.15, -0.1) is 0 Å². The fourth-order valence-electron chi connectivity index (χ4n) is 3.35. The van der Waals surface area contributed by atoms with Crippen molar-refractivity contribution in [2.24, 2.45) is 0 Å². The Kier molecular flexibility index (Phi) is 5.27.